The van der Waals surface area contributed by atoms with Crippen molar-refractivity contribution in [3.05, 3.63) is 23.8 Å². The molecule has 0 unspecified atom stereocenters. The van der Waals surface area contributed by atoms with E-state index in [-0.39, 0.29) is 29.9 Å². The van der Waals surface area contributed by atoms with Gasteiger partial charge in [0.25, 0.3) is 0 Å². The number of halogens is 3. The Labute approximate surface area is 218 Å². The molecule has 0 radical (unpaired) electrons. The van der Waals surface area contributed by atoms with Crippen molar-refractivity contribution in [3.8, 4) is 0 Å². The summed E-state index contributed by atoms with van der Waals surface area (Å²) < 4.78 is 37.6. The van der Waals surface area contributed by atoms with E-state index in [0.717, 1.165) is 12.8 Å². The number of likely N-dealkylation sites (tertiary alicyclic amines) is 1. The molecule has 0 bridgehead atoms. The molecule has 2 saturated heterocycles. The molecule has 34 heavy (non-hydrogen) atoms. The van der Waals surface area contributed by atoms with Gasteiger partial charge in [0.1, 0.15) is 11.6 Å². The lowest BCUT2D eigenvalue weighted by atomic mass is 10.1. The molecule has 1 aliphatic carbocycles. The second kappa shape index (κ2) is 14.4. The number of amides is 1. The molecule has 192 valence electrons. The van der Waals surface area contributed by atoms with E-state index in [1.54, 1.807) is 27.8 Å². The van der Waals surface area contributed by atoms with Gasteiger partial charge in [-0.15, -0.1) is 11.8 Å². The molecule has 2 heterocycles. The highest BCUT2D eigenvalue weighted by Gasteiger charge is 2.26. The molecule has 4 N–H and O–H groups in total. The average molecular weight is 613 g/mol. The number of aliphatic hydroxyl groups is 1. The maximum absolute atomic E-state index is 14.1. The number of hydrogen-bond donors (Lipinski definition) is 3. The number of nitrogens with one attached hydrogen (secondary N) is 1. The lowest BCUT2D eigenvalue weighted by Crippen LogP contribution is -2.41. The van der Waals surface area contributed by atoms with Crippen molar-refractivity contribution in [1.82, 2.24) is 4.90 Å². The van der Waals surface area contributed by atoms with Gasteiger partial charge in [-0.1, -0.05) is 0 Å². The summed E-state index contributed by atoms with van der Waals surface area (Å²) in [5.41, 5.74) is 1.03. The van der Waals surface area contributed by atoms with Crippen molar-refractivity contribution in [2.75, 3.05) is 31.1 Å². The molecule has 1 aromatic carbocycles. The highest BCUT2D eigenvalue weighted by Crippen LogP contribution is 2.41. The molecule has 0 atom stereocenters. The zero-order chi connectivity index (χ0) is 25.3. The number of ether oxygens (including phenoxy) is 1. The molecule has 4 rings (SSSR count). The average Bonchev–Trinajstić information content (AvgIpc) is 3.63. The summed E-state index contributed by atoms with van der Waals surface area (Å²) in [6, 6.07) is 2.64. The monoisotopic (exact) mass is 612 g/mol. The standard InChI is InChI=1S/C14H16F2N2S.C9H17NO3.H2IN/c15-11-8-14(19-10-1-2-10)12(16)7-13(11)18-5-3-9(17)4-6-18;1-7(2)13-9(12)10-5-3-8(11)4-6-10;1-2/h7-8,10,17H,1-6H2;7-8,11H,3-6H2,1-2H3;2H2. The second-order valence-electron chi connectivity index (χ2n) is 8.79. The first-order chi connectivity index (χ1) is 16.2. The first-order valence-electron chi connectivity index (χ1n) is 11.5. The number of carbonyl (C=O) groups excluding carboxylic acids is 1. The Balaban J connectivity index is 0.000000239. The van der Waals surface area contributed by atoms with Gasteiger partial charge in [-0.3, -0.25) is 3.95 Å². The third-order valence-electron chi connectivity index (χ3n) is 5.59. The van der Waals surface area contributed by atoms with Gasteiger partial charge >= 0.3 is 6.09 Å². The molecule has 0 aromatic heterocycles. The van der Waals surface area contributed by atoms with Crippen LogP contribution >= 0.6 is 34.6 Å². The molecular weight excluding hydrogens is 577 g/mol. The van der Waals surface area contributed by atoms with Crippen molar-refractivity contribution >= 4 is 52.1 Å². The van der Waals surface area contributed by atoms with Gasteiger partial charge in [0.05, 0.1) is 17.9 Å². The zero-order valence-corrected chi connectivity index (χ0v) is 22.7. The third kappa shape index (κ3) is 9.46. The number of piperidine rings is 2. The van der Waals surface area contributed by atoms with E-state index in [0.29, 0.717) is 73.4 Å². The molecule has 3 aliphatic rings. The fourth-order valence-electron chi connectivity index (χ4n) is 3.56. The van der Waals surface area contributed by atoms with Gasteiger partial charge in [-0.05, 0) is 45.6 Å². The summed E-state index contributed by atoms with van der Waals surface area (Å²) >= 11 is 3.09. The highest BCUT2D eigenvalue weighted by atomic mass is 127. The summed E-state index contributed by atoms with van der Waals surface area (Å²) in [5.74, 6) is -0.674. The molecule has 3 fully saturated rings. The number of nitrogens with two attached hydrogens (primary N) is 1. The van der Waals surface area contributed by atoms with Crippen molar-refractivity contribution in [1.29, 1.82) is 5.41 Å². The van der Waals surface area contributed by atoms with E-state index in [1.807, 2.05) is 18.7 Å². The molecule has 0 spiro atoms. The number of anilines is 1. The lowest BCUT2D eigenvalue weighted by Gasteiger charge is -2.29. The number of thioether (sulfide) groups is 1. The van der Waals surface area contributed by atoms with Crippen LogP contribution < -0.4 is 8.85 Å². The van der Waals surface area contributed by atoms with Crippen molar-refractivity contribution < 1.29 is 23.4 Å². The minimum absolute atomic E-state index is 0.0700. The SMILES string of the molecule is CC(C)OC(=O)N1CCC(O)CC1.N=C1CCN(c2cc(F)c(SC3CC3)cc2F)CC1.NI. The number of hydrogen-bond acceptors (Lipinski definition) is 7. The van der Waals surface area contributed by atoms with E-state index in [2.05, 4.69) is 3.95 Å². The van der Waals surface area contributed by atoms with Crippen molar-refractivity contribution in [2.24, 2.45) is 3.95 Å². The van der Waals surface area contributed by atoms with Crippen LogP contribution in [0.15, 0.2) is 17.0 Å². The van der Waals surface area contributed by atoms with Crippen LogP contribution in [-0.2, 0) is 4.74 Å². The largest absolute Gasteiger partial charge is 0.447 e. The fourth-order valence-corrected chi connectivity index (χ4v) is 4.63. The highest BCUT2D eigenvalue weighted by molar-refractivity contribution is 14.1. The van der Waals surface area contributed by atoms with Gasteiger partial charge in [0.15, 0.2) is 0 Å². The summed E-state index contributed by atoms with van der Waals surface area (Å²) in [6.07, 6.45) is 4.22. The molecule has 7 nitrogen and oxygen atoms in total. The van der Waals surface area contributed by atoms with Crippen LogP contribution in [0, 0.1) is 17.0 Å². The second-order valence-corrected chi connectivity index (χ2v) is 10.1. The first-order valence-corrected chi connectivity index (χ1v) is 13.7. The predicted molar refractivity (Wildman–Crippen MR) is 141 cm³/mol. The third-order valence-corrected chi connectivity index (χ3v) is 6.96. The summed E-state index contributed by atoms with van der Waals surface area (Å²) in [5, 5.41) is 17.2. The van der Waals surface area contributed by atoms with E-state index in [1.165, 1.54) is 23.9 Å². The molecule has 11 heteroatoms. The van der Waals surface area contributed by atoms with Gasteiger partial charge < -0.3 is 25.1 Å². The summed E-state index contributed by atoms with van der Waals surface area (Å²) in [4.78, 5) is 15.2. The minimum atomic E-state index is -0.349. The van der Waals surface area contributed by atoms with Gasteiger partial charge in [0.2, 0.25) is 0 Å². The molecule has 1 aromatic rings. The Morgan fingerprint density at radius 3 is 2.24 bits per heavy atom. The Kier molecular flexibility index (Phi) is 12.3. The van der Waals surface area contributed by atoms with E-state index < -0.39 is 0 Å². The van der Waals surface area contributed by atoms with Crippen LogP contribution in [0.2, 0.25) is 0 Å². The van der Waals surface area contributed by atoms with Gasteiger partial charge in [-0.25, -0.2) is 13.6 Å². The Morgan fingerprint density at radius 1 is 1.12 bits per heavy atom. The molecule has 2 aliphatic heterocycles. The van der Waals surface area contributed by atoms with Crippen LogP contribution in [0.25, 0.3) is 0 Å². The predicted octanol–water partition coefficient (Wildman–Crippen LogP) is 5.12. The number of nitrogens with zero attached hydrogens (tertiary/aromatic N) is 2. The summed E-state index contributed by atoms with van der Waals surface area (Å²) in [7, 11) is 0. The quantitative estimate of drug-likeness (QED) is 0.322. The zero-order valence-electron chi connectivity index (χ0n) is 19.7. The fraction of sp³-hybridized carbons (Fsp3) is 0.652. The maximum atomic E-state index is 14.1. The van der Waals surface area contributed by atoms with Gasteiger partial charge in [0, 0.05) is 83.8 Å². The topological polar surface area (TPSA) is 103 Å². The Hall–Kier alpha value is -1.18. The Bertz CT molecular complexity index is 812. The maximum Gasteiger partial charge on any atom is 0.410 e. The number of benzene rings is 1. The van der Waals surface area contributed by atoms with Crippen molar-refractivity contribution in [3.63, 3.8) is 0 Å². The molecular formula is C23H35F2IN4O3S. The smallest absolute Gasteiger partial charge is 0.410 e. The normalized spacial score (nSPS) is 18.6. The van der Waals surface area contributed by atoms with E-state index in [9.17, 15) is 18.7 Å². The lowest BCUT2D eigenvalue weighted by molar-refractivity contribution is 0.0457. The summed E-state index contributed by atoms with van der Waals surface area (Å²) in [6.45, 7) is 6.07. The van der Waals surface area contributed by atoms with Crippen molar-refractivity contribution in [2.45, 2.75) is 74.7 Å². The molecule has 1 amide bonds. The number of aliphatic hydroxyl groups excluding tert-OH is 1. The molecule has 1 saturated carbocycles. The van der Waals surface area contributed by atoms with Crippen LogP contribution in [0.4, 0.5) is 19.3 Å². The van der Waals surface area contributed by atoms with E-state index >= 15 is 0 Å². The minimum Gasteiger partial charge on any atom is -0.447 e. The van der Waals surface area contributed by atoms with Gasteiger partial charge in [-0.2, -0.15) is 0 Å². The first kappa shape index (κ1) is 29.1. The number of carbonyl (C=O) groups is 1. The number of rotatable bonds is 4. The van der Waals surface area contributed by atoms with Crippen LogP contribution in [0.5, 0.6) is 0 Å². The van der Waals surface area contributed by atoms with Crippen LogP contribution in [0.1, 0.15) is 52.4 Å². The van der Waals surface area contributed by atoms with Crippen LogP contribution in [0.3, 0.4) is 0 Å². The van der Waals surface area contributed by atoms with Crippen LogP contribution in [-0.4, -0.2) is 65.4 Å². The Morgan fingerprint density at radius 2 is 1.71 bits per heavy atom. The van der Waals surface area contributed by atoms with E-state index in [4.69, 9.17) is 10.1 Å².